The predicted molar refractivity (Wildman–Crippen MR) is 70.5 cm³/mol. The summed E-state index contributed by atoms with van der Waals surface area (Å²) in [6.07, 6.45) is 3.95. The molecule has 0 amide bonds. The van der Waals surface area contributed by atoms with E-state index < -0.39 is 0 Å². The maximum Gasteiger partial charge on any atom is 0.0599 e. The Morgan fingerprint density at radius 3 is 2.59 bits per heavy atom. The van der Waals surface area contributed by atoms with E-state index in [-0.39, 0.29) is 0 Å². The highest BCUT2D eigenvalue weighted by molar-refractivity contribution is 4.68. The molecule has 0 radical (unpaired) electrons. The van der Waals surface area contributed by atoms with E-state index in [0.717, 1.165) is 52.4 Å². The smallest absolute Gasteiger partial charge is 0.0599 e. The number of methoxy groups -OCH3 is 1. The van der Waals surface area contributed by atoms with E-state index in [1.807, 2.05) is 0 Å². The fraction of sp³-hybridized carbons (Fsp3) is 1.00. The lowest BCUT2D eigenvalue weighted by atomic mass is 10.1. The first-order valence-corrected chi connectivity index (χ1v) is 6.90. The average Bonchev–Trinajstić information content (AvgIpc) is 2.39. The maximum absolute atomic E-state index is 5.88. The Balaban J connectivity index is 1.97. The minimum absolute atomic E-state index is 0.491. The quantitative estimate of drug-likeness (QED) is 0.616. The first-order chi connectivity index (χ1) is 8.36. The Hall–Kier alpha value is -0.160. The molecule has 102 valence electrons. The molecule has 1 N–H and O–H groups in total. The molecule has 17 heavy (non-hydrogen) atoms. The second kappa shape index (κ2) is 9.83. The van der Waals surface area contributed by atoms with Crippen LogP contribution >= 0.6 is 0 Å². The van der Waals surface area contributed by atoms with Crippen LogP contribution in [0.2, 0.25) is 0 Å². The van der Waals surface area contributed by atoms with Crippen molar-refractivity contribution in [1.29, 1.82) is 0 Å². The maximum atomic E-state index is 5.88. The Kier molecular flexibility index (Phi) is 8.61. The number of nitrogens with one attached hydrogen (secondary N) is 1. The SMILES string of the molecule is CCN(CCCOC1CCNCC1)CCOC. The summed E-state index contributed by atoms with van der Waals surface area (Å²) in [4.78, 5) is 2.41. The molecule has 0 aromatic carbocycles. The second-order valence-corrected chi connectivity index (χ2v) is 4.60. The molecule has 0 aliphatic carbocycles. The van der Waals surface area contributed by atoms with Gasteiger partial charge in [0, 0.05) is 26.8 Å². The molecule has 1 heterocycles. The first-order valence-electron chi connectivity index (χ1n) is 6.90. The minimum Gasteiger partial charge on any atom is -0.383 e. The molecule has 1 saturated heterocycles. The third-order valence-corrected chi connectivity index (χ3v) is 3.32. The molecule has 0 aromatic rings. The van der Waals surface area contributed by atoms with Crippen LogP contribution in [-0.2, 0) is 9.47 Å². The molecule has 4 nitrogen and oxygen atoms in total. The van der Waals surface area contributed by atoms with Gasteiger partial charge in [-0.3, -0.25) is 0 Å². The number of rotatable bonds is 9. The Morgan fingerprint density at radius 1 is 1.18 bits per heavy atom. The molecule has 0 spiro atoms. The van der Waals surface area contributed by atoms with E-state index in [1.165, 1.54) is 12.8 Å². The van der Waals surface area contributed by atoms with Crippen LogP contribution in [0, 0.1) is 0 Å². The van der Waals surface area contributed by atoms with Crippen LogP contribution < -0.4 is 5.32 Å². The first kappa shape index (κ1) is 14.9. The molecule has 0 atom stereocenters. The largest absolute Gasteiger partial charge is 0.383 e. The lowest BCUT2D eigenvalue weighted by Crippen LogP contribution is -2.33. The number of likely N-dealkylation sites (N-methyl/N-ethyl adjacent to an activating group) is 1. The highest BCUT2D eigenvalue weighted by Gasteiger charge is 2.12. The van der Waals surface area contributed by atoms with Gasteiger partial charge in [0.15, 0.2) is 0 Å². The van der Waals surface area contributed by atoms with Crippen molar-refractivity contribution < 1.29 is 9.47 Å². The van der Waals surface area contributed by atoms with Crippen molar-refractivity contribution in [3.05, 3.63) is 0 Å². The third kappa shape index (κ3) is 6.99. The third-order valence-electron chi connectivity index (χ3n) is 3.32. The molecular formula is C13H28N2O2. The highest BCUT2D eigenvalue weighted by atomic mass is 16.5. The lowest BCUT2D eigenvalue weighted by Gasteiger charge is -2.24. The summed E-state index contributed by atoms with van der Waals surface area (Å²) in [7, 11) is 1.76. The van der Waals surface area contributed by atoms with E-state index in [9.17, 15) is 0 Å². The summed E-state index contributed by atoms with van der Waals surface area (Å²) in [5, 5.41) is 3.35. The summed E-state index contributed by atoms with van der Waals surface area (Å²) < 4.78 is 11.0. The number of ether oxygens (including phenoxy) is 2. The second-order valence-electron chi connectivity index (χ2n) is 4.60. The molecule has 4 heteroatoms. The fourth-order valence-electron chi connectivity index (χ4n) is 2.15. The van der Waals surface area contributed by atoms with Crippen molar-refractivity contribution in [3.63, 3.8) is 0 Å². The monoisotopic (exact) mass is 244 g/mol. The zero-order chi connectivity index (χ0) is 12.3. The molecular weight excluding hydrogens is 216 g/mol. The van der Waals surface area contributed by atoms with Gasteiger partial charge in [0.05, 0.1) is 12.7 Å². The van der Waals surface area contributed by atoms with E-state index in [4.69, 9.17) is 9.47 Å². The van der Waals surface area contributed by atoms with Crippen molar-refractivity contribution in [1.82, 2.24) is 10.2 Å². The fourth-order valence-corrected chi connectivity index (χ4v) is 2.15. The zero-order valence-corrected chi connectivity index (χ0v) is 11.4. The van der Waals surface area contributed by atoms with Crippen molar-refractivity contribution in [3.8, 4) is 0 Å². The summed E-state index contributed by atoms with van der Waals surface area (Å²) in [6.45, 7) is 9.38. The average molecular weight is 244 g/mol. The molecule has 0 aromatic heterocycles. The number of piperidine rings is 1. The van der Waals surface area contributed by atoms with Crippen LogP contribution in [0.25, 0.3) is 0 Å². The summed E-state index contributed by atoms with van der Waals surface area (Å²) in [5.41, 5.74) is 0. The van der Waals surface area contributed by atoms with Gasteiger partial charge >= 0.3 is 0 Å². The molecule has 1 aliphatic rings. The highest BCUT2D eigenvalue weighted by Crippen LogP contribution is 2.07. The van der Waals surface area contributed by atoms with Crippen molar-refractivity contribution in [2.45, 2.75) is 32.3 Å². The normalized spacial score (nSPS) is 17.8. The Labute approximate surface area is 106 Å². The number of hydrogen-bond acceptors (Lipinski definition) is 4. The van der Waals surface area contributed by atoms with Gasteiger partial charge in [-0.1, -0.05) is 6.92 Å². The summed E-state index contributed by atoms with van der Waals surface area (Å²) in [5.74, 6) is 0. The molecule has 0 saturated carbocycles. The van der Waals surface area contributed by atoms with Crippen LogP contribution in [0.5, 0.6) is 0 Å². The van der Waals surface area contributed by atoms with E-state index in [1.54, 1.807) is 7.11 Å². The molecule has 0 unspecified atom stereocenters. The van der Waals surface area contributed by atoms with Crippen molar-refractivity contribution in [2.24, 2.45) is 0 Å². The molecule has 0 bridgehead atoms. The van der Waals surface area contributed by atoms with Crippen LogP contribution in [0.1, 0.15) is 26.2 Å². The van der Waals surface area contributed by atoms with Crippen LogP contribution in [-0.4, -0.2) is 64.1 Å². The Bertz CT molecular complexity index is 173. The van der Waals surface area contributed by atoms with Crippen LogP contribution in [0.3, 0.4) is 0 Å². The number of hydrogen-bond donors (Lipinski definition) is 1. The van der Waals surface area contributed by atoms with Gasteiger partial charge in [-0.2, -0.15) is 0 Å². The zero-order valence-electron chi connectivity index (χ0n) is 11.4. The van der Waals surface area contributed by atoms with Gasteiger partial charge in [-0.05, 0) is 38.9 Å². The van der Waals surface area contributed by atoms with Gasteiger partial charge in [0.1, 0.15) is 0 Å². The summed E-state index contributed by atoms with van der Waals surface area (Å²) in [6, 6.07) is 0. The summed E-state index contributed by atoms with van der Waals surface area (Å²) >= 11 is 0. The van der Waals surface area contributed by atoms with Crippen molar-refractivity contribution >= 4 is 0 Å². The van der Waals surface area contributed by atoms with Crippen molar-refractivity contribution in [2.75, 3.05) is 53.0 Å². The standard InChI is InChI=1S/C13H28N2O2/c1-3-15(10-12-16-2)9-4-11-17-13-5-7-14-8-6-13/h13-14H,3-12H2,1-2H3. The van der Waals surface area contributed by atoms with Gasteiger partial charge in [-0.15, -0.1) is 0 Å². The predicted octanol–water partition coefficient (Wildman–Crippen LogP) is 1.11. The molecule has 1 aliphatic heterocycles. The van der Waals surface area contributed by atoms with Crippen LogP contribution in [0.4, 0.5) is 0 Å². The van der Waals surface area contributed by atoms with Gasteiger partial charge in [0.2, 0.25) is 0 Å². The van der Waals surface area contributed by atoms with Gasteiger partial charge in [0.25, 0.3) is 0 Å². The number of nitrogens with zero attached hydrogens (tertiary/aromatic N) is 1. The minimum atomic E-state index is 0.491. The molecule has 1 rings (SSSR count). The molecule has 1 fully saturated rings. The topological polar surface area (TPSA) is 33.7 Å². The lowest BCUT2D eigenvalue weighted by molar-refractivity contribution is 0.0270. The van der Waals surface area contributed by atoms with E-state index in [0.29, 0.717) is 6.10 Å². The van der Waals surface area contributed by atoms with E-state index in [2.05, 4.69) is 17.1 Å². The van der Waals surface area contributed by atoms with E-state index >= 15 is 0 Å². The van der Waals surface area contributed by atoms with Crippen LogP contribution in [0.15, 0.2) is 0 Å². The Morgan fingerprint density at radius 2 is 1.94 bits per heavy atom. The van der Waals surface area contributed by atoms with Gasteiger partial charge in [-0.25, -0.2) is 0 Å². The van der Waals surface area contributed by atoms with Gasteiger partial charge < -0.3 is 19.7 Å².